The van der Waals surface area contributed by atoms with Crippen LogP contribution in [-0.4, -0.2) is 50.9 Å². The Kier molecular flexibility index (Phi) is 3.37. The number of carbonyl (C=O) groups excluding carboxylic acids is 1. The standard InChI is InChI=1S/C17H23N5O/c1-17(2)10-18-7-8-22(17)16(23)12-5-6-19-15-14(12)20-13(21-15)9-11-3-4-11/h5-6,11,18H,3-4,7-10H2,1-2H3,(H,19,20,21). The zero-order valence-corrected chi connectivity index (χ0v) is 13.7. The highest BCUT2D eigenvalue weighted by Gasteiger charge is 2.34. The second-order valence-corrected chi connectivity index (χ2v) is 7.33. The lowest BCUT2D eigenvalue weighted by Gasteiger charge is -2.42. The summed E-state index contributed by atoms with van der Waals surface area (Å²) in [4.78, 5) is 27.3. The molecule has 122 valence electrons. The molecule has 2 aromatic rings. The molecule has 2 N–H and O–H groups in total. The average Bonchev–Trinajstić information content (AvgIpc) is 3.22. The molecule has 6 heteroatoms. The molecule has 0 atom stereocenters. The van der Waals surface area contributed by atoms with E-state index in [0.717, 1.165) is 43.3 Å². The number of amides is 1. The number of aromatic amines is 1. The monoisotopic (exact) mass is 313 g/mol. The van der Waals surface area contributed by atoms with Crippen LogP contribution in [0.1, 0.15) is 42.9 Å². The van der Waals surface area contributed by atoms with E-state index in [-0.39, 0.29) is 11.4 Å². The number of carbonyl (C=O) groups is 1. The summed E-state index contributed by atoms with van der Waals surface area (Å²) in [5.74, 6) is 1.77. The van der Waals surface area contributed by atoms with Gasteiger partial charge >= 0.3 is 0 Å². The topological polar surface area (TPSA) is 73.9 Å². The Morgan fingerprint density at radius 1 is 1.43 bits per heavy atom. The Hall–Kier alpha value is -1.95. The third-order valence-electron chi connectivity index (χ3n) is 4.90. The van der Waals surface area contributed by atoms with Crippen LogP contribution in [0, 0.1) is 5.92 Å². The predicted octanol–water partition coefficient (Wildman–Crippen LogP) is 1.73. The Bertz CT molecular complexity index is 747. The third kappa shape index (κ3) is 2.72. The van der Waals surface area contributed by atoms with Gasteiger partial charge in [0.2, 0.25) is 0 Å². The van der Waals surface area contributed by atoms with E-state index in [2.05, 4.69) is 34.1 Å². The molecule has 23 heavy (non-hydrogen) atoms. The molecule has 0 spiro atoms. The molecule has 2 fully saturated rings. The lowest BCUT2D eigenvalue weighted by Crippen LogP contribution is -2.59. The van der Waals surface area contributed by atoms with Gasteiger partial charge in [-0.1, -0.05) is 0 Å². The number of aromatic nitrogens is 3. The van der Waals surface area contributed by atoms with E-state index in [0.29, 0.717) is 11.2 Å². The van der Waals surface area contributed by atoms with Crippen LogP contribution in [0.15, 0.2) is 12.3 Å². The number of nitrogens with zero attached hydrogens (tertiary/aromatic N) is 3. The largest absolute Gasteiger partial charge is 0.340 e. The number of H-pyrrole nitrogens is 1. The van der Waals surface area contributed by atoms with Gasteiger partial charge in [0.1, 0.15) is 5.82 Å². The molecule has 2 aromatic heterocycles. The maximum atomic E-state index is 13.1. The van der Waals surface area contributed by atoms with Crippen molar-refractivity contribution in [1.29, 1.82) is 0 Å². The summed E-state index contributed by atoms with van der Waals surface area (Å²) in [5.41, 5.74) is 1.92. The summed E-state index contributed by atoms with van der Waals surface area (Å²) < 4.78 is 0. The number of rotatable bonds is 3. The zero-order valence-electron chi connectivity index (χ0n) is 13.7. The van der Waals surface area contributed by atoms with Gasteiger partial charge in [-0.2, -0.15) is 0 Å². The summed E-state index contributed by atoms with van der Waals surface area (Å²) >= 11 is 0. The van der Waals surface area contributed by atoms with Crippen molar-refractivity contribution in [3.8, 4) is 0 Å². The van der Waals surface area contributed by atoms with Crippen LogP contribution in [-0.2, 0) is 6.42 Å². The van der Waals surface area contributed by atoms with Gasteiger partial charge in [0.15, 0.2) is 5.65 Å². The van der Waals surface area contributed by atoms with Crippen LogP contribution < -0.4 is 5.32 Å². The minimum absolute atomic E-state index is 0.0607. The summed E-state index contributed by atoms with van der Waals surface area (Å²) in [7, 11) is 0. The molecule has 1 saturated heterocycles. The van der Waals surface area contributed by atoms with Gasteiger partial charge in [-0.3, -0.25) is 4.79 Å². The Morgan fingerprint density at radius 2 is 2.26 bits per heavy atom. The highest BCUT2D eigenvalue weighted by atomic mass is 16.2. The fourth-order valence-electron chi connectivity index (χ4n) is 3.33. The first-order valence-corrected chi connectivity index (χ1v) is 8.41. The van der Waals surface area contributed by atoms with Crippen molar-refractivity contribution < 1.29 is 4.79 Å². The Morgan fingerprint density at radius 3 is 3.00 bits per heavy atom. The van der Waals surface area contributed by atoms with E-state index >= 15 is 0 Å². The van der Waals surface area contributed by atoms with Crippen LogP contribution in [0.4, 0.5) is 0 Å². The van der Waals surface area contributed by atoms with Gasteiger partial charge in [0.25, 0.3) is 5.91 Å². The minimum atomic E-state index is -0.193. The van der Waals surface area contributed by atoms with E-state index in [9.17, 15) is 4.79 Å². The molecule has 0 unspecified atom stereocenters. The van der Waals surface area contributed by atoms with E-state index < -0.39 is 0 Å². The molecular formula is C17H23N5O. The highest BCUT2D eigenvalue weighted by Crippen LogP contribution is 2.32. The average molecular weight is 313 g/mol. The maximum Gasteiger partial charge on any atom is 0.256 e. The Labute approximate surface area is 135 Å². The number of hydrogen-bond acceptors (Lipinski definition) is 4. The summed E-state index contributed by atoms with van der Waals surface area (Å²) in [6, 6.07) is 1.81. The lowest BCUT2D eigenvalue weighted by atomic mass is 9.99. The molecule has 0 radical (unpaired) electrons. The van der Waals surface area contributed by atoms with Crippen molar-refractivity contribution in [2.75, 3.05) is 19.6 Å². The van der Waals surface area contributed by atoms with Crippen molar-refractivity contribution in [3.05, 3.63) is 23.7 Å². The number of pyridine rings is 1. The number of hydrogen-bond donors (Lipinski definition) is 2. The maximum absolute atomic E-state index is 13.1. The molecule has 2 aliphatic rings. The van der Waals surface area contributed by atoms with Crippen LogP contribution in [0.3, 0.4) is 0 Å². The smallest absolute Gasteiger partial charge is 0.256 e. The van der Waals surface area contributed by atoms with Crippen LogP contribution in [0.2, 0.25) is 0 Å². The van der Waals surface area contributed by atoms with Gasteiger partial charge < -0.3 is 15.2 Å². The summed E-state index contributed by atoms with van der Waals surface area (Å²) in [6.07, 6.45) is 5.21. The summed E-state index contributed by atoms with van der Waals surface area (Å²) in [6.45, 7) is 6.56. The fourth-order valence-corrected chi connectivity index (χ4v) is 3.33. The van der Waals surface area contributed by atoms with Crippen LogP contribution in [0.5, 0.6) is 0 Å². The van der Waals surface area contributed by atoms with E-state index in [4.69, 9.17) is 0 Å². The van der Waals surface area contributed by atoms with Crippen molar-refractivity contribution in [2.24, 2.45) is 5.92 Å². The number of piperazine rings is 1. The molecule has 1 aliphatic carbocycles. The predicted molar refractivity (Wildman–Crippen MR) is 88.3 cm³/mol. The number of imidazole rings is 1. The first-order valence-electron chi connectivity index (χ1n) is 8.41. The SMILES string of the molecule is CC1(C)CNCCN1C(=O)c1ccnc2nc(CC3CC3)[nH]c12. The van der Waals surface area contributed by atoms with Crippen molar-refractivity contribution in [3.63, 3.8) is 0 Å². The number of fused-ring (bicyclic) bond motifs is 1. The molecule has 6 nitrogen and oxygen atoms in total. The molecule has 3 heterocycles. The minimum Gasteiger partial charge on any atom is -0.340 e. The van der Waals surface area contributed by atoms with Crippen molar-refractivity contribution in [2.45, 2.75) is 38.6 Å². The highest BCUT2D eigenvalue weighted by molar-refractivity contribution is 6.04. The fraction of sp³-hybridized carbons (Fsp3) is 0.588. The van der Waals surface area contributed by atoms with Crippen molar-refractivity contribution in [1.82, 2.24) is 25.2 Å². The number of nitrogens with one attached hydrogen (secondary N) is 2. The quantitative estimate of drug-likeness (QED) is 0.905. The second kappa shape index (κ2) is 5.30. The van der Waals surface area contributed by atoms with E-state index in [1.54, 1.807) is 6.20 Å². The van der Waals surface area contributed by atoms with E-state index in [1.807, 2.05) is 11.0 Å². The second-order valence-electron chi connectivity index (χ2n) is 7.33. The van der Waals surface area contributed by atoms with Crippen LogP contribution >= 0.6 is 0 Å². The summed E-state index contributed by atoms with van der Waals surface area (Å²) in [5, 5.41) is 3.35. The molecule has 1 aliphatic heterocycles. The van der Waals surface area contributed by atoms with Gasteiger partial charge in [-0.15, -0.1) is 0 Å². The first kappa shape index (κ1) is 14.6. The normalized spacial score (nSPS) is 20.9. The molecule has 1 saturated carbocycles. The molecule has 4 rings (SSSR count). The molecule has 0 aromatic carbocycles. The van der Waals surface area contributed by atoms with Gasteiger partial charge in [-0.05, 0) is 38.7 Å². The molecular weight excluding hydrogens is 290 g/mol. The zero-order chi connectivity index (χ0) is 16.0. The lowest BCUT2D eigenvalue weighted by molar-refractivity contribution is 0.0479. The molecule has 0 bridgehead atoms. The third-order valence-corrected chi connectivity index (χ3v) is 4.90. The van der Waals surface area contributed by atoms with Gasteiger partial charge in [0.05, 0.1) is 16.6 Å². The van der Waals surface area contributed by atoms with E-state index in [1.165, 1.54) is 12.8 Å². The van der Waals surface area contributed by atoms with Crippen LogP contribution in [0.25, 0.3) is 11.2 Å². The first-order chi connectivity index (χ1) is 11.0. The Balaban J connectivity index is 1.69. The molecule has 1 amide bonds. The van der Waals surface area contributed by atoms with Crippen molar-refractivity contribution >= 4 is 17.1 Å². The van der Waals surface area contributed by atoms with Gasteiger partial charge in [-0.25, -0.2) is 9.97 Å². The van der Waals surface area contributed by atoms with Gasteiger partial charge in [0, 0.05) is 32.3 Å².